The molecule has 0 saturated heterocycles. The highest BCUT2D eigenvalue weighted by molar-refractivity contribution is 5.90. The molecule has 2 aromatic rings. The first-order valence-corrected chi connectivity index (χ1v) is 5.91. The molecule has 0 fully saturated rings. The molecule has 0 unspecified atom stereocenters. The zero-order valence-corrected chi connectivity index (χ0v) is 9.87. The van der Waals surface area contributed by atoms with Crippen LogP contribution in [0, 0.1) is 0 Å². The van der Waals surface area contributed by atoms with Crippen molar-refractivity contribution in [1.29, 1.82) is 0 Å². The predicted octanol–water partition coefficient (Wildman–Crippen LogP) is 3.34. The van der Waals surface area contributed by atoms with Gasteiger partial charge in [0.05, 0.1) is 12.2 Å². The number of fused-ring (bicyclic) bond motifs is 1. The zero-order chi connectivity index (χ0) is 12.4. The van der Waals surface area contributed by atoms with Crippen LogP contribution in [0.1, 0.15) is 11.1 Å². The van der Waals surface area contributed by atoms with Gasteiger partial charge in [0.1, 0.15) is 6.61 Å². The molecule has 1 heterocycles. The number of hydrogen-bond donors (Lipinski definition) is 0. The maximum atomic E-state index is 11.9. The van der Waals surface area contributed by atoms with Crippen molar-refractivity contribution in [3.63, 3.8) is 0 Å². The lowest BCUT2D eigenvalue weighted by atomic mass is 10.1. The first-order chi connectivity index (χ1) is 8.84. The molecule has 0 saturated carbocycles. The lowest BCUT2D eigenvalue weighted by molar-refractivity contribution is 0.141. The second kappa shape index (κ2) is 4.53. The van der Waals surface area contributed by atoms with Crippen LogP contribution in [0.3, 0.4) is 0 Å². The topological polar surface area (TPSA) is 29.5 Å². The average molecular weight is 239 g/mol. The van der Waals surface area contributed by atoms with Crippen molar-refractivity contribution in [2.45, 2.75) is 13.2 Å². The minimum atomic E-state index is -0.280. The fraction of sp³-hybridized carbons (Fsp3) is 0.133. The summed E-state index contributed by atoms with van der Waals surface area (Å²) in [5.74, 6) is 0. The summed E-state index contributed by atoms with van der Waals surface area (Å²) in [5, 5.41) is 0. The maximum absolute atomic E-state index is 11.9. The number of cyclic esters (lactones) is 1. The number of carbonyl (C=O) groups excluding carboxylic acids is 1. The van der Waals surface area contributed by atoms with E-state index in [4.69, 9.17) is 4.74 Å². The van der Waals surface area contributed by atoms with Crippen molar-refractivity contribution in [1.82, 2.24) is 0 Å². The normalized spacial score (nSPS) is 14.0. The van der Waals surface area contributed by atoms with Crippen LogP contribution < -0.4 is 4.90 Å². The van der Waals surface area contributed by atoms with Crippen molar-refractivity contribution in [3.05, 3.63) is 65.7 Å². The fourth-order valence-electron chi connectivity index (χ4n) is 2.13. The van der Waals surface area contributed by atoms with Crippen LogP contribution in [0.4, 0.5) is 10.5 Å². The maximum Gasteiger partial charge on any atom is 0.414 e. The zero-order valence-electron chi connectivity index (χ0n) is 9.87. The van der Waals surface area contributed by atoms with Crippen LogP contribution in [0.25, 0.3) is 0 Å². The Hall–Kier alpha value is -2.29. The number of para-hydroxylation sites is 1. The van der Waals surface area contributed by atoms with Crippen LogP contribution in [0.2, 0.25) is 0 Å². The predicted molar refractivity (Wildman–Crippen MR) is 69.3 cm³/mol. The molecule has 3 rings (SSSR count). The molecule has 0 bridgehead atoms. The molecular formula is C15H13NO2. The van der Waals surface area contributed by atoms with E-state index in [1.54, 1.807) is 4.90 Å². The molecule has 3 nitrogen and oxygen atoms in total. The Labute approximate surface area is 106 Å². The van der Waals surface area contributed by atoms with Crippen LogP contribution in [-0.2, 0) is 17.9 Å². The number of rotatable bonds is 2. The summed E-state index contributed by atoms with van der Waals surface area (Å²) in [7, 11) is 0. The van der Waals surface area contributed by atoms with Gasteiger partial charge in [0.15, 0.2) is 0 Å². The van der Waals surface area contributed by atoms with Crippen molar-refractivity contribution in [2.75, 3.05) is 4.90 Å². The minimum Gasteiger partial charge on any atom is -0.444 e. The molecule has 0 atom stereocenters. The summed E-state index contributed by atoms with van der Waals surface area (Å²) >= 11 is 0. The van der Waals surface area contributed by atoms with Crippen LogP contribution >= 0.6 is 0 Å². The minimum absolute atomic E-state index is 0.280. The van der Waals surface area contributed by atoms with Gasteiger partial charge in [-0.25, -0.2) is 4.79 Å². The molecule has 3 heteroatoms. The Morgan fingerprint density at radius 2 is 1.72 bits per heavy atom. The first kappa shape index (κ1) is 10.8. The van der Waals surface area contributed by atoms with E-state index in [0.717, 1.165) is 16.8 Å². The Kier molecular flexibility index (Phi) is 2.73. The van der Waals surface area contributed by atoms with Gasteiger partial charge in [-0.3, -0.25) is 4.90 Å². The highest BCUT2D eigenvalue weighted by Crippen LogP contribution is 2.27. The lowest BCUT2D eigenvalue weighted by Gasteiger charge is -2.28. The molecule has 0 aliphatic carbocycles. The molecule has 0 radical (unpaired) electrons. The van der Waals surface area contributed by atoms with Crippen LogP contribution in [-0.4, -0.2) is 6.09 Å². The number of hydrogen-bond acceptors (Lipinski definition) is 2. The van der Waals surface area contributed by atoms with E-state index in [1.807, 2.05) is 54.6 Å². The van der Waals surface area contributed by atoms with Gasteiger partial charge in [-0.2, -0.15) is 0 Å². The van der Waals surface area contributed by atoms with Gasteiger partial charge >= 0.3 is 6.09 Å². The first-order valence-electron chi connectivity index (χ1n) is 5.91. The standard InChI is InChI=1S/C15H13NO2/c17-15-16(10-12-6-2-1-3-7-12)14-9-5-4-8-13(14)11-18-15/h1-9H,10-11H2. The van der Waals surface area contributed by atoms with E-state index in [9.17, 15) is 4.79 Å². The van der Waals surface area contributed by atoms with Gasteiger partial charge in [-0.15, -0.1) is 0 Å². The summed E-state index contributed by atoms with van der Waals surface area (Å²) < 4.78 is 5.18. The number of nitrogens with zero attached hydrogens (tertiary/aromatic N) is 1. The van der Waals surface area contributed by atoms with Gasteiger partial charge in [0, 0.05) is 5.56 Å². The van der Waals surface area contributed by atoms with E-state index in [-0.39, 0.29) is 6.09 Å². The largest absolute Gasteiger partial charge is 0.444 e. The third-order valence-corrected chi connectivity index (χ3v) is 3.04. The van der Waals surface area contributed by atoms with E-state index in [0.29, 0.717) is 13.2 Å². The number of benzene rings is 2. The Balaban J connectivity index is 1.94. The van der Waals surface area contributed by atoms with Gasteiger partial charge in [0.25, 0.3) is 0 Å². The van der Waals surface area contributed by atoms with Gasteiger partial charge < -0.3 is 4.74 Å². The Bertz CT molecular complexity index is 566. The molecular weight excluding hydrogens is 226 g/mol. The van der Waals surface area contributed by atoms with E-state index in [1.165, 1.54) is 0 Å². The van der Waals surface area contributed by atoms with Crippen molar-refractivity contribution >= 4 is 11.8 Å². The molecule has 0 aromatic heterocycles. The second-order valence-electron chi connectivity index (χ2n) is 4.26. The summed E-state index contributed by atoms with van der Waals surface area (Å²) in [4.78, 5) is 13.5. The molecule has 18 heavy (non-hydrogen) atoms. The van der Waals surface area contributed by atoms with E-state index < -0.39 is 0 Å². The van der Waals surface area contributed by atoms with E-state index >= 15 is 0 Å². The Morgan fingerprint density at radius 3 is 2.56 bits per heavy atom. The average Bonchev–Trinajstić information content (AvgIpc) is 2.43. The second-order valence-corrected chi connectivity index (χ2v) is 4.26. The lowest BCUT2D eigenvalue weighted by Crippen LogP contribution is -2.35. The van der Waals surface area contributed by atoms with Gasteiger partial charge in [-0.1, -0.05) is 48.5 Å². The number of carbonyl (C=O) groups is 1. The molecule has 90 valence electrons. The molecule has 1 aliphatic heterocycles. The van der Waals surface area contributed by atoms with Crippen molar-refractivity contribution in [2.24, 2.45) is 0 Å². The third kappa shape index (κ3) is 1.95. The SMILES string of the molecule is O=C1OCc2ccccc2N1Cc1ccccc1. The van der Waals surface area contributed by atoms with Crippen LogP contribution in [0.15, 0.2) is 54.6 Å². The van der Waals surface area contributed by atoms with Crippen LogP contribution in [0.5, 0.6) is 0 Å². The Morgan fingerprint density at radius 1 is 1.00 bits per heavy atom. The number of anilines is 1. The molecule has 1 amide bonds. The summed E-state index contributed by atoms with van der Waals surface area (Å²) in [6.07, 6.45) is -0.280. The molecule has 0 spiro atoms. The van der Waals surface area contributed by atoms with Gasteiger partial charge in [0.2, 0.25) is 0 Å². The number of ether oxygens (including phenoxy) is 1. The summed E-state index contributed by atoms with van der Waals surface area (Å²) in [6, 6.07) is 17.8. The van der Waals surface area contributed by atoms with E-state index in [2.05, 4.69) is 0 Å². The number of amides is 1. The quantitative estimate of drug-likeness (QED) is 0.804. The third-order valence-electron chi connectivity index (χ3n) is 3.04. The molecule has 1 aliphatic rings. The fourth-order valence-corrected chi connectivity index (χ4v) is 2.13. The summed E-state index contributed by atoms with van der Waals surface area (Å²) in [5.41, 5.74) is 3.08. The molecule has 0 N–H and O–H groups in total. The van der Waals surface area contributed by atoms with Crippen molar-refractivity contribution < 1.29 is 9.53 Å². The van der Waals surface area contributed by atoms with Gasteiger partial charge in [-0.05, 0) is 11.6 Å². The highest BCUT2D eigenvalue weighted by atomic mass is 16.6. The monoisotopic (exact) mass is 239 g/mol. The summed E-state index contributed by atoms with van der Waals surface area (Å²) in [6.45, 7) is 0.900. The molecule has 2 aromatic carbocycles. The smallest absolute Gasteiger partial charge is 0.414 e. The highest BCUT2D eigenvalue weighted by Gasteiger charge is 2.25. The van der Waals surface area contributed by atoms with Crippen molar-refractivity contribution in [3.8, 4) is 0 Å².